The first-order valence-corrected chi connectivity index (χ1v) is 7.73. The highest BCUT2D eigenvalue weighted by molar-refractivity contribution is 9.10. The molecule has 2 unspecified atom stereocenters. The molecule has 0 amide bonds. The van der Waals surface area contributed by atoms with Gasteiger partial charge in [-0.3, -0.25) is 0 Å². The van der Waals surface area contributed by atoms with Gasteiger partial charge in [-0.15, -0.1) is 0 Å². The van der Waals surface area contributed by atoms with Gasteiger partial charge in [0.05, 0.1) is 11.4 Å². The van der Waals surface area contributed by atoms with E-state index in [0.29, 0.717) is 0 Å². The first-order valence-electron chi connectivity index (χ1n) is 6.94. The van der Waals surface area contributed by atoms with Crippen molar-refractivity contribution in [1.82, 2.24) is 0 Å². The molecule has 2 atom stereocenters. The Morgan fingerprint density at radius 3 is 2.94 bits per heavy atom. The molecule has 0 aromatic heterocycles. The molecule has 1 saturated carbocycles. The molecule has 3 N–H and O–H groups in total. The Bertz CT molecular complexity index is 392. The fourth-order valence-corrected chi connectivity index (χ4v) is 3.31. The summed E-state index contributed by atoms with van der Waals surface area (Å²) in [4.78, 5) is 0. The molecule has 100 valence electrons. The number of halogens is 1. The highest BCUT2D eigenvalue weighted by Gasteiger charge is 2.18. The van der Waals surface area contributed by atoms with Crippen LogP contribution in [-0.4, -0.2) is 6.54 Å². The molecule has 0 spiro atoms. The van der Waals surface area contributed by atoms with Crippen LogP contribution in [-0.2, 0) is 0 Å². The van der Waals surface area contributed by atoms with E-state index in [1.807, 2.05) is 18.2 Å². The summed E-state index contributed by atoms with van der Waals surface area (Å²) in [5, 5.41) is 3.46. The van der Waals surface area contributed by atoms with E-state index in [1.54, 1.807) is 0 Å². The van der Waals surface area contributed by atoms with Gasteiger partial charge >= 0.3 is 0 Å². The van der Waals surface area contributed by atoms with E-state index >= 15 is 0 Å². The second-order valence-electron chi connectivity index (χ2n) is 5.58. The van der Waals surface area contributed by atoms with Crippen molar-refractivity contribution in [3.8, 4) is 0 Å². The van der Waals surface area contributed by atoms with Crippen LogP contribution < -0.4 is 11.1 Å². The first-order chi connectivity index (χ1) is 8.65. The van der Waals surface area contributed by atoms with Crippen LogP contribution in [0.25, 0.3) is 0 Å². The summed E-state index contributed by atoms with van der Waals surface area (Å²) in [6, 6.07) is 6.02. The molecule has 0 radical (unpaired) electrons. The topological polar surface area (TPSA) is 38.0 Å². The van der Waals surface area contributed by atoms with Crippen molar-refractivity contribution in [2.45, 2.75) is 39.0 Å². The number of nitrogen functional groups attached to an aromatic ring is 1. The number of hydrogen-bond acceptors (Lipinski definition) is 2. The monoisotopic (exact) mass is 310 g/mol. The summed E-state index contributed by atoms with van der Waals surface area (Å²) in [7, 11) is 0. The largest absolute Gasteiger partial charge is 0.397 e. The molecule has 2 rings (SSSR count). The first kappa shape index (κ1) is 13.7. The second kappa shape index (κ2) is 6.46. The summed E-state index contributed by atoms with van der Waals surface area (Å²) >= 11 is 3.43. The maximum absolute atomic E-state index is 5.97. The molecule has 1 aromatic rings. The normalized spacial score (nSPS) is 23.9. The molecule has 1 aromatic carbocycles. The summed E-state index contributed by atoms with van der Waals surface area (Å²) < 4.78 is 1.03. The minimum absolute atomic E-state index is 0.821. The minimum Gasteiger partial charge on any atom is -0.397 e. The lowest BCUT2D eigenvalue weighted by atomic mass is 9.81. The van der Waals surface area contributed by atoms with Crippen LogP contribution >= 0.6 is 15.9 Å². The minimum atomic E-state index is 0.821. The number of benzene rings is 1. The molecule has 18 heavy (non-hydrogen) atoms. The molecule has 1 fully saturated rings. The predicted octanol–water partition coefficient (Wildman–Crippen LogP) is 4.66. The maximum atomic E-state index is 5.97. The van der Waals surface area contributed by atoms with Crippen LogP contribution in [0.2, 0.25) is 0 Å². The third-order valence-electron chi connectivity index (χ3n) is 3.93. The van der Waals surface area contributed by atoms with Crippen molar-refractivity contribution >= 4 is 27.3 Å². The van der Waals surface area contributed by atoms with Gasteiger partial charge in [-0.25, -0.2) is 0 Å². The Labute approximate surface area is 118 Å². The molecule has 0 heterocycles. The zero-order valence-corrected chi connectivity index (χ0v) is 12.7. The number of nitrogens with two attached hydrogens (primary N) is 1. The highest BCUT2D eigenvalue weighted by Crippen LogP contribution is 2.31. The molecule has 3 heteroatoms. The number of rotatable bonds is 4. The van der Waals surface area contributed by atoms with Crippen molar-refractivity contribution in [3.05, 3.63) is 22.7 Å². The van der Waals surface area contributed by atoms with Crippen molar-refractivity contribution in [1.29, 1.82) is 0 Å². The molecule has 1 aliphatic carbocycles. The van der Waals surface area contributed by atoms with Crippen molar-refractivity contribution in [2.75, 3.05) is 17.6 Å². The SMILES string of the molecule is CC1CCCC(CCNc2ccc(Br)cc2N)C1. The van der Waals surface area contributed by atoms with Gasteiger partial charge in [-0.05, 0) is 42.9 Å². The van der Waals surface area contributed by atoms with Crippen LogP contribution in [0.5, 0.6) is 0 Å². The summed E-state index contributed by atoms with van der Waals surface area (Å²) in [6.45, 7) is 3.41. The molecular formula is C15H23BrN2. The Morgan fingerprint density at radius 1 is 1.39 bits per heavy atom. The van der Waals surface area contributed by atoms with Gasteiger partial charge in [0, 0.05) is 11.0 Å². The lowest BCUT2D eigenvalue weighted by molar-refractivity contribution is 0.274. The van der Waals surface area contributed by atoms with Gasteiger partial charge in [-0.2, -0.15) is 0 Å². The Kier molecular flexibility index (Phi) is 4.93. The van der Waals surface area contributed by atoms with E-state index < -0.39 is 0 Å². The predicted molar refractivity (Wildman–Crippen MR) is 82.8 cm³/mol. The molecule has 0 aliphatic heterocycles. The van der Waals surface area contributed by atoms with Gasteiger partial charge in [0.2, 0.25) is 0 Å². The average molecular weight is 311 g/mol. The van der Waals surface area contributed by atoms with E-state index in [4.69, 9.17) is 5.73 Å². The number of hydrogen-bond donors (Lipinski definition) is 2. The van der Waals surface area contributed by atoms with E-state index in [9.17, 15) is 0 Å². The average Bonchev–Trinajstić information content (AvgIpc) is 2.32. The van der Waals surface area contributed by atoms with E-state index in [-0.39, 0.29) is 0 Å². The second-order valence-corrected chi connectivity index (χ2v) is 6.50. The Morgan fingerprint density at radius 2 is 2.22 bits per heavy atom. The quantitative estimate of drug-likeness (QED) is 0.794. The fraction of sp³-hybridized carbons (Fsp3) is 0.600. The highest BCUT2D eigenvalue weighted by atomic mass is 79.9. The lowest BCUT2D eigenvalue weighted by Crippen LogP contribution is -2.16. The lowest BCUT2D eigenvalue weighted by Gasteiger charge is -2.26. The van der Waals surface area contributed by atoms with Crippen LogP contribution in [0.4, 0.5) is 11.4 Å². The van der Waals surface area contributed by atoms with Crippen LogP contribution in [0.1, 0.15) is 39.0 Å². The molecule has 2 nitrogen and oxygen atoms in total. The summed E-state index contributed by atoms with van der Waals surface area (Å²) in [5.74, 6) is 1.82. The Balaban J connectivity index is 1.77. The van der Waals surface area contributed by atoms with Crippen molar-refractivity contribution in [3.63, 3.8) is 0 Å². The van der Waals surface area contributed by atoms with Gasteiger partial charge in [0.1, 0.15) is 0 Å². The van der Waals surface area contributed by atoms with Gasteiger partial charge in [-0.1, -0.05) is 42.1 Å². The third kappa shape index (κ3) is 3.91. The number of anilines is 2. The van der Waals surface area contributed by atoms with Crippen molar-refractivity contribution < 1.29 is 0 Å². The molecule has 0 saturated heterocycles. The fourth-order valence-electron chi connectivity index (χ4n) is 2.93. The van der Waals surface area contributed by atoms with Crippen LogP contribution in [0.3, 0.4) is 0 Å². The smallest absolute Gasteiger partial charge is 0.0574 e. The van der Waals surface area contributed by atoms with E-state index in [1.165, 1.54) is 32.1 Å². The zero-order valence-electron chi connectivity index (χ0n) is 11.1. The van der Waals surface area contributed by atoms with Crippen LogP contribution in [0, 0.1) is 11.8 Å². The maximum Gasteiger partial charge on any atom is 0.0574 e. The number of nitrogens with one attached hydrogen (secondary N) is 1. The Hall–Kier alpha value is -0.700. The van der Waals surface area contributed by atoms with Crippen LogP contribution in [0.15, 0.2) is 22.7 Å². The zero-order chi connectivity index (χ0) is 13.0. The summed E-state index contributed by atoms with van der Waals surface area (Å²) in [5.41, 5.74) is 7.85. The molecule has 0 bridgehead atoms. The van der Waals surface area contributed by atoms with Crippen molar-refractivity contribution in [2.24, 2.45) is 11.8 Å². The van der Waals surface area contributed by atoms with Gasteiger partial charge < -0.3 is 11.1 Å². The third-order valence-corrected chi connectivity index (χ3v) is 4.42. The standard InChI is InChI=1S/C15H23BrN2/c1-11-3-2-4-12(9-11)7-8-18-15-6-5-13(16)10-14(15)17/h5-6,10-12,18H,2-4,7-9,17H2,1H3. The summed E-state index contributed by atoms with van der Waals surface area (Å²) in [6.07, 6.45) is 6.90. The molecular weight excluding hydrogens is 288 g/mol. The van der Waals surface area contributed by atoms with Gasteiger partial charge in [0.25, 0.3) is 0 Å². The molecule has 1 aliphatic rings. The van der Waals surface area contributed by atoms with Gasteiger partial charge in [0.15, 0.2) is 0 Å². The van der Waals surface area contributed by atoms with E-state index in [0.717, 1.165) is 34.2 Å². The van der Waals surface area contributed by atoms with E-state index in [2.05, 4.69) is 28.2 Å².